The van der Waals surface area contributed by atoms with Crippen molar-refractivity contribution in [2.45, 2.75) is 13.0 Å². The lowest BCUT2D eigenvalue weighted by Crippen LogP contribution is -2.04. The summed E-state index contributed by atoms with van der Waals surface area (Å²) in [6.07, 6.45) is 0.880. The lowest BCUT2D eigenvalue weighted by atomic mass is 9.95. The molecule has 126 valence electrons. The van der Waals surface area contributed by atoms with Gasteiger partial charge in [0.1, 0.15) is 23.9 Å². The number of fused-ring (bicyclic) bond motifs is 4. The largest absolute Gasteiger partial charge is 0.489 e. The summed E-state index contributed by atoms with van der Waals surface area (Å²) in [5.41, 5.74) is 3.61. The molecule has 1 aliphatic rings. The first-order valence-corrected chi connectivity index (χ1v) is 8.85. The van der Waals surface area contributed by atoms with Crippen molar-refractivity contribution in [3.8, 4) is 17.2 Å². The van der Waals surface area contributed by atoms with Crippen molar-refractivity contribution < 1.29 is 9.47 Å². The Bertz CT molecular complexity index is 1080. The standard InChI is InChI=1S/C24H18O2/c1-2-6-17(7-3-1)16-25-20-12-10-19-14-22-21-9-5-4-8-18(21)11-13-23(22)26-24(19)15-20/h1-13,15H,14,16H2. The van der Waals surface area contributed by atoms with Crippen molar-refractivity contribution in [3.05, 3.63) is 102 Å². The summed E-state index contributed by atoms with van der Waals surface area (Å²) in [4.78, 5) is 0. The number of hydrogen-bond donors (Lipinski definition) is 0. The third kappa shape index (κ3) is 2.70. The molecular formula is C24H18O2. The van der Waals surface area contributed by atoms with Gasteiger partial charge < -0.3 is 9.47 Å². The molecule has 0 bridgehead atoms. The van der Waals surface area contributed by atoms with Crippen molar-refractivity contribution in [2.75, 3.05) is 0 Å². The summed E-state index contributed by atoms with van der Waals surface area (Å²) in [6, 6.07) is 29.0. The van der Waals surface area contributed by atoms with E-state index in [0.29, 0.717) is 6.61 Å². The van der Waals surface area contributed by atoms with Crippen LogP contribution in [0.3, 0.4) is 0 Å². The van der Waals surface area contributed by atoms with Gasteiger partial charge in [-0.25, -0.2) is 0 Å². The van der Waals surface area contributed by atoms with Crippen molar-refractivity contribution in [1.29, 1.82) is 0 Å². The van der Waals surface area contributed by atoms with Crippen molar-refractivity contribution in [1.82, 2.24) is 0 Å². The Kier molecular flexibility index (Phi) is 3.60. The van der Waals surface area contributed by atoms with Gasteiger partial charge in [-0.2, -0.15) is 0 Å². The van der Waals surface area contributed by atoms with Crippen LogP contribution in [0.5, 0.6) is 17.2 Å². The van der Waals surface area contributed by atoms with Crippen LogP contribution in [0.1, 0.15) is 16.7 Å². The number of rotatable bonds is 3. The predicted octanol–water partition coefficient (Wildman–Crippen LogP) is 6.12. The van der Waals surface area contributed by atoms with E-state index in [2.05, 4.69) is 54.6 Å². The molecule has 0 N–H and O–H groups in total. The summed E-state index contributed by atoms with van der Waals surface area (Å²) in [7, 11) is 0. The molecule has 0 amide bonds. The van der Waals surface area contributed by atoms with Gasteiger partial charge in [0.05, 0.1) is 0 Å². The third-order valence-corrected chi connectivity index (χ3v) is 4.87. The average Bonchev–Trinajstić information content (AvgIpc) is 2.71. The Morgan fingerprint density at radius 2 is 1.62 bits per heavy atom. The highest BCUT2D eigenvalue weighted by molar-refractivity contribution is 5.88. The molecule has 4 aromatic rings. The van der Waals surface area contributed by atoms with Gasteiger partial charge in [-0.05, 0) is 34.0 Å². The number of hydrogen-bond acceptors (Lipinski definition) is 2. The summed E-state index contributed by atoms with van der Waals surface area (Å²) in [6.45, 7) is 0.556. The maximum absolute atomic E-state index is 6.20. The Morgan fingerprint density at radius 1 is 0.769 bits per heavy atom. The molecule has 0 atom stereocenters. The third-order valence-electron chi connectivity index (χ3n) is 4.87. The average molecular weight is 338 g/mol. The molecular weight excluding hydrogens is 320 g/mol. The summed E-state index contributed by atoms with van der Waals surface area (Å²) in [5, 5.41) is 2.51. The van der Waals surface area contributed by atoms with Crippen LogP contribution in [-0.4, -0.2) is 0 Å². The van der Waals surface area contributed by atoms with E-state index in [4.69, 9.17) is 9.47 Å². The smallest absolute Gasteiger partial charge is 0.134 e. The Hall–Kier alpha value is -3.26. The predicted molar refractivity (Wildman–Crippen MR) is 104 cm³/mol. The molecule has 0 aromatic heterocycles. The molecule has 0 saturated heterocycles. The fraction of sp³-hybridized carbons (Fsp3) is 0.0833. The monoisotopic (exact) mass is 338 g/mol. The lowest BCUT2D eigenvalue weighted by molar-refractivity contribution is 0.304. The topological polar surface area (TPSA) is 18.5 Å². The minimum absolute atomic E-state index is 0.556. The quantitative estimate of drug-likeness (QED) is 0.395. The lowest BCUT2D eigenvalue weighted by Gasteiger charge is -2.22. The van der Waals surface area contributed by atoms with Crippen LogP contribution in [0.25, 0.3) is 10.8 Å². The highest BCUT2D eigenvalue weighted by atomic mass is 16.5. The SMILES string of the molecule is c1ccc(COc2ccc3c(c2)Oc2ccc4ccccc4c2C3)cc1. The van der Waals surface area contributed by atoms with Gasteiger partial charge in [-0.3, -0.25) is 0 Å². The second-order valence-electron chi connectivity index (χ2n) is 6.59. The summed E-state index contributed by atoms with van der Waals surface area (Å²) < 4.78 is 12.1. The van der Waals surface area contributed by atoms with Crippen LogP contribution in [0.2, 0.25) is 0 Å². The first kappa shape index (κ1) is 15.0. The molecule has 2 heteroatoms. The van der Waals surface area contributed by atoms with E-state index in [1.54, 1.807) is 0 Å². The molecule has 0 fully saturated rings. The molecule has 4 aromatic carbocycles. The number of benzene rings is 4. The molecule has 1 heterocycles. The van der Waals surface area contributed by atoms with Gasteiger partial charge in [-0.15, -0.1) is 0 Å². The molecule has 0 unspecified atom stereocenters. The van der Waals surface area contributed by atoms with Crippen molar-refractivity contribution in [2.24, 2.45) is 0 Å². The highest BCUT2D eigenvalue weighted by Gasteiger charge is 2.19. The fourth-order valence-corrected chi connectivity index (χ4v) is 3.51. The van der Waals surface area contributed by atoms with Crippen LogP contribution < -0.4 is 9.47 Å². The molecule has 5 rings (SSSR count). The summed E-state index contributed by atoms with van der Waals surface area (Å²) >= 11 is 0. The molecule has 26 heavy (non-hydrogen) atoms. The van der Waals surface area contributed by atoms with E-state index in [1.165, 1.54) is 21.9 Å². The van der Waals surface area contributed by atoms with E-state index in [1.807, 2.05) is 30.3 Å². The summed E-state index contributed by atoms with van der Waals surface area (Å²) in [5.74, 6) is 2.66. The zero-order valence-electron chi connectivity index (χ0n) is 14.3. The van der Waals surface area contributed by atoms with Crippen LogP contribution in [0.4, 0.5) is 0 Å². The van der Waals surface area contributed by atoms with Crippen LogP contribution in [0.15, 0.2) is 84.9 Å². The number of ether oxygens (including phenoxy) is 2. The molecule has 0 aliphatic carbocycles. The minimum atomic E-state index is 0.556. The van der Waals surface area contributed by atoms with Crippen LogP contribution >= 0.6 is 0 Å². The van der Waals surface area contributed by atoms with Crippen LogP contribution in [0, 0.1) is 0 Å². The van der Waals surface area contributed by atoms with E-state index in [0.717, 1.165) is 29.2 Å². The molecule has 0 radical (unpaired) electrons. The van der Waals surface area contributed by atoms with E-state index in [9.17, 15) is 0 Å². The zero-order valence-corrected chi connectivity index (χ0v) is 14.3. The van der Waals surface area contributed by atoms with E-state index in [-0.39, 0.29) is 0 Å². The highest BCUT2D eigenvalue weighted by Crippen LogP contribution is 2.41. The Labute approximate surface area is 152 Å². The van der Waals surface area contributed by atoms with Crippen molar-refractivity contribution in [3.63, 3.8) is 0 Å². The van der Waals surface area contributed by atoms with Gasteiger partial charge in [0.15, 0.2) is 0 Å². The first-order valence-electron chi connectivity index (χ1n) is 8.85. The maximum atomic E-state index is 6.20. The normalized spacial score (nSPS) is 12.2. The Balaban J connectivity index is 1.43. The van der Waals surface area contributed by atoms with Gasteiger partial charge >= 0.3 is 0 Å². The molecule has 2 nitrogen and oxygen atoms in total. The second kappa shape index (κ2) is 6.23. The zero-order chi connectivity index (χ0) is 17.3. The molecule has 0 saturated carbocycles. The van der Waals surface area contributed by atoms with Crippen LogP contribution in [-0.2, 0) is 13.0 Å². The maximum Gasteiger partial charge on any atom is 0.134 e. The van der Waals surface area contributed by atoms with E-state index < -0.39 is 0 Å². The molecule has 0 spiro atoms. The first-order chi connectivity index (χ1) is 12.9. The van der Waals surface area contributed by atoms with Gasteiger partial charge in [-0.1, -0.05) is 66.7 Å². The van der Waals surface area contributed by atoms with Gasteiger partial charge in [0.25, 0.3) is 0 Å². The molecule has 1 aliphatic heterocycles. The fourth-order valence-electron chi connectivity index (χ4n) is 3.51. The van der Waals surface area contributed by atoms with Gasteiger partial charge in [0, 0.05) is 18.1 Å². The van der Waals surface area contributed by atoms with E-state index >= 15 is 0 Å². The van der Waals surface area contributed by atoms with Gasteiger partial charge in [0.2, 0.25) is 0 Å². The Morgan fingerprint density at radius 3 is 2.54 bits per heavy atom. The second-order valence-corrected chi connectivity index (χ2v) is 6.59. The minimum Gasteiger partial charge on any atom is -0.489 e. The van der Waals surface area contributed by atoms with Crippen molar-refractivity contribution >= 4 is 10.8 Å².